The Morgan fingerprint density at radius 2 is 1.76 bits per heavy atom. The summed E-state index contributed by atoms with van der Waals surface area (Å²) in [6.45, 7) is 0.580. The van der Waals surface area contributed by atoms with Crippen molar-refractivity contribution in [1.82, 2.24) is 5.32 Å². The third-order valence-electron chi connectivity index (χ3n) is 4.91. The molecule has 9 nitrogen and oxygen atoms in total. The van der Waals surface area contributed by atoms with Crippen molar-refractivity contribution in [2.24, 2.45) is 0 Å². The lowest BCUT2D eigenvalue weighted by Crippen LogP contribution is -2.37. The van der Waals surface area contributed by atoms with Gasteiger partial charge in [0.25, 0.3) is 11.6 Å². The molecule has 2 N–H and O–H groups in total. The molecule has 3 aromatic rings. The van der Waals surface area contributed by atoms with Gasteiger partial charge in [-0.05, 0) is 36.8 Å². The second-order valence-corrected chi connectivity index (χ2v) is 7.56. The summed E-state index contributed by atoms with van der Waals surface area (Å²) in [6.07, 6.45) is 0.449. The number of halogens is 1. The lowest BCUT2D eigenvalue weighted by Gasteiger charge is -2.24. The van der Waals surface area contributed by atoms with Crippen molar-refractivity contribution in [3.8, 4) is 5.75 Å². The first-order chi connectivity index (χ1) is 16.4. The molecule has 0 bridgehead atoms. The van der Waals surface area contributed by atoms with Gasteiger partial charge in [0.2, 0.25) is 0 Å². The summed E-state index contributed by atoms with van der Waals surface area (Å²) in [5, 5.41) is 16.4. The zero-order valence-corrected chi connectivity index (χ0v) is 19.1. The first-order valence-electron chi connectivity index (χ1n) is 10.4. The number of anilines is 2. The molecule has 34 heavy (non-hydrogen) atoms. The first kappa shape index (κ1) is 24.5. The summed E-state index contributed by atoms with van der Waals surface area (Å²) in [7, 11) is 1.53. The van der Waals surface area contributed by atoms with E-state index in [1.165, 1.54) is 19.2 Å². The van der Waals surface area contributed by atoms with Gasteiger partial charge >= 0.3 is 6.03 Å². The van der Waals surface area contributed by atoms with Crippen LogP contribution in [0, 0.1) is 10.1 Å². The Kier molecular flexibility index (Phi) is 8.42. The van der Waals surface area contributed by atoms with Crippen molar-refractivity contribution >= 4 is 40.6 Å². The normalized spacial score (nSPS) is 10.3. The number of rotatable bonds is 9. The van der Waals surface area contributed by atoms with E-state index in [9.17, 15) is 19.7 Å². The number of ether oxygens (including phenoxy) is 1. The maximum absolute atomic E-state index is 13.1. The molecule has 3 aromatic carbocycles. The predicted octanol–water partition coefficient (Wildman–Crippen LogP) is 5.12. The topological polar surface area (TPSA) is 114 Å². The molecule has 3 amide bonds. The van der Waals surface area contributed by atoms with E-state index in [-0.39, 0.29) is 28.8 Å². The number of carbonyl (C=O) groups is 2. The van der Waals surface area contributed by atoms with Crippen molar-refractivity contribution in [3.63, 3.8) is 0 Å². The van der Waals surface area contributed by atoms with Gasteiger partial charge in [-0.1, -0.05) is 41.9 Å². The van der Waals surface area contributed by atoms with Crippen LogP contribution >= 0.6 is 11.6 Å². The summed E-state index contributed by atoms with van der Waals surface area (Å²) in [5.74, 6) is 0.0840. The van der Waals surface area contributed by atoms with Crippen LogP contribution < -0.4 is 20.3 Å². The monoisotopic (exact) mass is 482 g/mol. The van der Waals surface area contributed by atoms with Crippen LogP contribution in [0.25, 0.3) is 0 Å². The van der Waals surface area contributed by atoms with Gasteiger partial charge in [0.1, 0.15) is 5.75 Å². The van der Waals surface area contributed by atoms with Crippen LogP contribution in [-0.2, 0) is 0 Å². The molecule has 0 aliphatic rings. The standard InChI is InChI=1S/C24H23ClN4O5/c1-34-22-11-6-5-10-21(22)27-24(31)28(17-8-3-2-4-9-17)15-7-14-26-23(30)19-13-12-18(29(32)33)16-20(19)25/h2-6,8-13,16H,7,14-15H2,1H3,(H,26,30)(H,27,31). The largest absolute Gasteiger partial charge is 0.495 e. The summed E-state index contributed by atoms with van der Waals surface area (Å²) in [5.41, 5.74) is 1.18. The summed E-state index contributed by atoms with van der Waals surface area (Å²) in [4.78, 5) is 37.3. The van der Waals surface area contributed by atoms with E-state index in [0.717, 1.165) is 6.07 Å². The Bertz CT molecular complexity index is 1170. The fraction of sp³-hybridized carbons (Fsp3) is 0.167. The number of hydrogen-bond donors (Lipinski definition) is 2. The zero-order chi connectivity index (χ0) is 24.5. The minimum atomic E-state index is -0.582. The third-order valence-corrected chi connectivity index (χ3v) is 5.23. The number of nitro groups is 1. The second kappa shape index (κ2) is 11.7. The van der Waals surface area contributed by atoms with Crippen LogP contribution in [0.4, 0.5) is 21.9 Å². The summed E-state index contributed by atoms with van der Waals surface area (Å²) >= 11 is 6.02. The van der Waals surface area contributed by atoms with E-state index in [1.807, 2.05) is 36.4 Å². The van der Waals surface area contributed by atoms with Gasteiger partial charge in [-0.2, -0.15) is 0 Å². The summed E-state index contributed by atoms with van der Waals surface area (Å²) < 4.78 is 5.30. The zero-order valence-electron chi connectivity index (χ0n) is 18.4. The number of hydrogen-bond acceptors (Lipinski definition) is 5. The number of amides is 3. The molecule has 3 rings (SSSR count). The Balaban J connectivity index is 1.63. The highest BCUT2D eigenvalue weighted by atomic mass is 35.5. The molecule has 0 unspecified atom stereocenters. The molecule has 0 saturated carbocycles. The Morgan fingerprint density at radius 3 is 2.44 bits per heavy atom. The van der Waals surface area contributed by atoms with Crippen LogP contribution in [0.5, 0.6) is 5.75 Å². The second-order valence-electron chi connectivity index (χ2n) is 7.15. The molecule has 0 aromatic heterocycles. The highest BCUT2D eigenvalue weighted by Gasteiger charge is 2.18. The smallest absolute Gasteiger partial charge is 0.326 e. The molecule has 0 aliphatic carbocycles. The van der Waals surface area contributed by atoms with Gasteiger partial charge in [-0.15, -0.1) is 0 Å². The fourth-order valence-corrected chi connectivity index (χ4v) is 3.48. The van der Waals surface area contributed by atoms with Gasteiger partial charge in [0.05, 0.1) is 28.3 Å². The van der Waals surface area contributed by atoms with Crippen molar-refractivity contribution in [2.45, 2.75) is 6.42 Å². The molecule has 10 heteroatoms. The molecular weight excluding hydrogens is 460 g/mol. The minimum Gasteiger partial charge on any atom is -0.495 e. The van der Waals surface area contributed by atoms with E-state index in [1.54, 1.807) is 23.1 Å². The number of methoxy groups -OCH3 is 1. The van der Waals surface area contributed by atoms with Crippen molar-refractivity contribution in [2.75, 3.05) is 30.4 Å². The molecule has 0 radical (unpaired) electrons. The molecule has 0 heterocycles. The van der Waals surface area contributed by atoms with E-state index in [0.29, 0.717) is 30.1 Å². The number of nitrogens with zero attached hydrogens (tertiary/aromatic N) is 2. The lowest BCUT2D eigenvalue weighted by atomic mass is 10.2. The van der Waals surface area contributed by atoms with Crippen LogP contribution in [0.1, 0.15) is 16.8 Å². The lowest BCUT2D eigenvalue weighted by molar-refractivity contribution is -0.384. The van der Waals surface area contributed by atoms with Gasteiger partial charge in [-0.3, -0.25) is 19.8 Å². The SMILES string of the molecule is COc1ccccc1NC(=O)N(CCCNC(=O)c1ccc([N+](=O)[O-])cc1Cl)c1ccccc1. The van der Waals surface area contributed by atoms with Gasteiger partial charge in [0.15, 0.2) is 0 Å². The Labute approximate surface area is 201 Å². The number of nitro benzene ring substituents is 1. The van der Waals surface area contributed by atoms with Gasteiger partial charge < -0.3 is 15.4 Å². The average molecular weight is 483 g/mol. The third kappa shape index (κ3) is 6.23. The van der Waals surface area contributed by atoms with Gasteiger partial charge in [-0.25, -0.2) is 4.79 Å². The molecule has 0 fully saturated rings. The molecule has 0 spiro atoms. The van der Waals surface area contributed by atoms with E-state index < -0.39 is 10.8 Å². The quantitative estimate of drug-likeness (QED) is 0.250. The van der Waals surface area contributed by atoms with Crippen LogP contribution in [0.2, 0.25) is 5.02 Å². The number of benzene rings is 3. The van der Waals surface area contributed by atoms with Gasteiger partial charge in [0, 0.05) is 30.9 Å². The Morgan fingerprint density at radius 1 is 1.06 bits per heavy atom. The highest BCUT2D eigenvalue weighted by molar-refractivity contribution is 6.34. The van der Waals surface area contributed by atoms with Crippen LogP contribution in [-0.4, -0.2) is 37.1 Å². The van der Waals surface area contributed by atoms with E-state index in [4.69, 9.17) is 16.3 Å². The number of para-hydroxylation sites is 3. The summed E-state index contributed by atoms with van der Waals surface area (Å²) in [6, 6.07) is 19.6. The predicted molar refractivity (Wildman–Crippen MR) is 131 cm³/mol. The maximum Gasteiger partial charge on any atom is 0.326 e. The van der Waals surface area contributed by atoms with Crippen molar-refractivity contribution in [3.05, 3.63) is 93.5 Å². The molecular formula is C24H23ClN4O5. The molecule has 0 saturated heterocycles. The maximum atomic E-state index is 13.1. The molecule has 0 aliphatic heterocycles. The van der Waals surface area contributed by atoms with Crippen LogP contribution in [0.3, 0.4) is 0 Å². The van der Waals surface area contributed by atoms with E-state index in [2.05, 4.69) is 10.6 Å². The van der Waals surface area contributed by atoms with Crippen molar-refractivity contribution < 1.29 is 19.2 Å². The fourth-order valence-electron chi connectivity index (χ4n) is 3.22. The number of non-ortho nitro benzene ring substituents is 1. The molecule has 176 valence electrons. The minimum absolute atomic E-state index is 0.00574. The molecule has 0 atom stereocenters. The number of urea groups is 1. The van der Waals surface area contributed by atoms with Crippen LogP contribution in [0.15, 0.2) is 72.8 Å². The number of carbonyl (C=O) groups excluding carboxylic acids is 2. The first-order valence-corrected chi connectivity index (χ1v) is 10.8. The number of nitrogens with one attached hydrogen (secondary N) is 2. The highest BCUT2D eigenvalue weighted by Crippen LogP contribution is 2.25. The van der Waals surface area contributed by atoms with Crippen molar-refractivity contribution in [1.29, 1.82) is 0 Å². The van der Waals surface area contributed by atoms with E-state index >= 15 is 0 Å². The Hall–Kier alpha value is -4.11. The average Bonchev–Trinajstić information content (AvgIpc) is 2.84.